The van der Waals surface area contributed by atoms with E-state index in [1.807, 2.05) is 0 Å². The van der Waals surface area contributed by atoms with Crippen LogP contribution in [0.5, 0.6) is 11.5 Å². The minimum Gasteiger partial charge on any atom is -0.496 e. The maximum absolute atomic E-state index is 12.5. The summed E-state index contributed by atoms with van der Waals surface area (Å²) in [6, 6.07) is 1.78. The summed E-state index contributed by atoms with van der Waals surface area (Å²) in [5.41, 5.74) is 1.47. The molecule has 1 aromatic heterocycles. The molecule has 4 atom stereocenters. The molecule has 0 amide bonds. The van der Waals surface area contributed by atoms with Gasteiger partial charge < -0.3 is 18.6 Å². The number of hydrogen-bond donors (Lipinski definition) is 0. The maximum Gasteiger partial charge on any atom is 0.347 e. The van der Waals surface area contributed by atoms with Crippen LogP contribution < -0.4 is 15.1 Å². The largest absolute Gasteiger partial charge is 0.496 e. The van der Waals surface area contributed by atoms with E-state index in [1.54, 1.807) is 13.2 Å². The second kappa shape index (κ2) is 5.31. The van der Waals surface area contributed by atoms with Crippen molar-refractivity contribution in [2.75, 3.05) is 7.11 Å². The molecule has 1 aromatic carbocycles. The van der Waals surface area contributed by atoms with Gasteiger partial charge in [0.1, 0.15) is 27.7 Å². The molecule has 3 aliphatic rings. The summed E-state index contributed by atoms with van der Waals surface area (Å²) in [6.45, 7) is 0. The summed E-state index contributed by atoms with van der Waals surface area (Å²) in [4.78, 5) is 24.5. The quantitative estimate of drug-likeness (QED) is 0.469. The number of Topliss-reactive ketones (excluding diaryl/α,β-unsaturated/α-hetero) is 1. The van der Waals surface area contributed by atoms with E-state index in [2.05, 4.69) is 31.9 Å². The van der Waals surface area contributed by atoms with Gasteiger partial charge in [-0.15, -0.1) is 0 Å². The van der Waals surface area contributed by atoms with Gasteiger partial charge in [-0.25, -0.2) is 4.79 Å². The topological polar surface area (TPSA) is 75.0 Å². The van der Waals surface area contributed by atoms with E-state index in [0.717, 1.165) is 5.56 Å². The molecule has 2 aromatic rings. The summed E-state index contributed by atoms with van der Waals surface area (Å²) in [6.07, 6.45) is 0.352. The lowest BCUT2D eigenvalue weighted by Gasteiger charge is -2.15. The molecule has 6 nitrogen and oxygen atoms in total. The summed E-state index contributed by atoms with van der Waals surface area (Å²) in [5, 5.41) is 0.471. The summed E-state index contributed by atoms with van der Waals surface area (Å²) < 4.78 is 22.8. The maximum atomic E-state index is 12.5. The van der Waals surface area contributed by atoms with Crippen molar-refractivity contribution < 1.29 is 23.4 Å². The lowest BCUT2D eigenvalue weighted by atomic mass is 9.94. The number of carbonyl (C=O) groups excluding carboxylic acids is 1. The second-order valence-electron chi connectivity index (χ2n) is 6.30. The number of ketones is 1. The van der Waals surface area contributed by atoms with Crippen molar-refractivity contribution in [1.82, 2.24) is 0 Å². The van der Waals surface area contributed by atoms with E-state index < -0.39 is 11.9 Å². The van der Waals surface area contributed by atoms with Crippen molar-refractivity contribution in [1.29, 1.82) is 0 Å². The third kappa shape index (κ3) is 1.98. The molecule has 5 rings (SSSR count). The minimum atomic E-state index is -0.593. The highest BCUT2D eigenvalue weighted by Gasteiger charge is 2.51. The van der Waals surface area contributed by atoms with Crippen molar-refractivity contribution >= 4 is 48.6 Å². The molecule has 25 heavy (non-hydrogen) atoms. The van der Waals surface area contributed by atoms with Crippen LogP contribution in [0.4, 0.5) is 0 Å². The number of benzene rings is 1. The summed E-state index contributed by atoms with van der Waals surface area (Å²) in [5.74, 6) is 0.803. The van der Waals surface area contributed by atoms with Gasteiger partial charge in [0.05, 0.1) is 23.2 Å². The monoisotopic (exact) mass is 470 g/mol. The number of ether oxygens (including phenoxy) is 3. The molecule has 1 saturated heterocycles. The fourth-order valence-corrected chi connectivity index (χ4v) is 5.18. The van der Waals surface area contributed by atoms with Gasteiger partial charge in [0.25, 0.3) is 0 Å². The Hall–Kier alpha value is -1.38. The molecule has 130 valence electrons. The van der Waals surface area contributed by atoms with E-state index in [9.17, 15) is 9.59 Å². The molecule has 8 heteroatoms. The number of halogens is 2. The average Bonchev–Trinajstić information content (AvgIpc) is 3.21. The highest BCUT2D eigenvalue weighted by Crippen LogP contribution is 2.54. The van der Waals surface area contributed by atoms with Crippen LogP contribution in [0.15, 0.2) is 15.3 Å². The van der Waals surface area contributed by atoms with Gasteiger partial charge in [0, 0.05) is 18.1 Å². The Balaban J connectivity index is 1.88. The molecule has 3 heterocycles. The van der Waals surface area contributed by atoms with Gasteiger partial charge in [-0.05, 0) is 12.0 Å². The zero-order valence-corrected chi connectivity index (χ0v) is 16.2. The smallest absolute Gasteiger partial charge is 0.347 e. The first-order chi connectivity index (χ1) is 12.0. The van der Waals surface area contributed by atoms with Crippen LogP contribution in [-0.4, -0.2) is 29.0 Å². The lowest BCUT2D eigenvalue weighted by Crippen LogP contribution is -2.17. The Morgan fingerprint density at radius 3 is 2.80 bits per heavy atom. The molecule has 0 spiro atoms. The predicted octanol–water partition coefficient (Wildman–Crippen LogP) is 3.25. The number of methoxy groups -OCH3 is 1. The Kier molecular flexibility index (Phi) is 3.37. The van der Waals surface area contributed by atoms with Crippen molar-refractivity contribution in [3.8, 4) is 11.5 Å². The SMILES string of the molecule is COc1cc2c(c3oc(=O)c4c(c13)CCC4=O)[C@@H]1C(Br)C(Br)O[C@@H]1O2. The Morgan fingerprint density at radius 1 is 1.24 bits per heavy atom. The Morgan fingerprint density at radius 2 is 2.04 bits per heavy atom. The predicted molar refractivity (Wildman–Crippen MR) is 95.4 cm³/mol. The lowest BCUT2D eigenvalue weighted by molar-refractivity contribution is -0.0416. The van der Waals surface area contributed by atoms with Crippen LogP contribution in [-0.2, 0) is 11.2 Å². The van der Waals surface area contributed by atoms with E-state index in [1.165, 1.54) is 0 Å². The van der Waals surface area contributed by atoms with Crippen LogP contribution in [0.3, 0.4) is 0 Å². The molecule has 2 unspecified atom stereocenters. The van der Waals surface area contributed by atoms with E-state index in [4.69, 9.17) is 18.6 Å². The van der Waals surface area contributed by atoms with Crippen LogP contribution in [0.1, 0.15) is 33.8 Å². The zero-order chi connectivity index (χ0) is 17.5. The van der Waals surface area contributed by atoms with Gasteiger partial charge in [-0.2, -0.15) is 0 Å². The van der Waals surface area contributed by atoms with Gasteiger partial charge >= 0.3 is 5.63 Å². The molecule has 0 saturated carbocycles. The molecular weight excluding hydrogens is 460 g/mol. The normalized spacial score (nSPS) is 29.5. The number of fused-ring (bicyclic) bond motifs is 7. The first-order valence-corrected chi connectivity index (χ1v) is 9.68. The van der Waals surface area contributed by atoms with Gasteiger partial charge in [0.15, 0.2) is 5.78 Å². The molecule has 1 aliphatic carbocycles. The van der Waals surface area contributed by atoms with E-state index >= 15 is 0 Å². The van der Waals surface area contributed by atoms with E-state index in [0.29, 0.717) is 40.9 Å². The fourth-order valence-electron chi connectivity index (χ4n) is 4.00. The average molecular weight is 472 g/mol. The van der Waals surface area contributed by atoms with Gasteiger partial charge in [-0.3, -0.25) is 4.79 Å². The highest BCUT2D eigenvalue weighted by molar-refractivity contribution is 9.12. The molecule has 0 bridgehead atoms. The first-order valence-electron chi connectivity index (χ1n) is 7.85. The standard InChI is InChI=1S/C17H12Br2O6/c1-22-7-4-8-11(12-13(18)15(19)25-17(12)23-8)14-10(7)5-2-3-6(20)9(5)16(21)24-14/h4,12-13,15,17H,2-3H2,1H3/t12-,13?,15?,17+/m1/s1. The van der Waals surface area contributed by atoms with Crippen molar-refractivity contribution in [3.05, 3.63) is 33.2 Å². The summed E-state index contributed by atoms with van der Waals surface area (Å²) >= 11 is 7.10. The van der Waals surface area contributed by atoms with Crippen molar-refractivity contribution in [2.24, 2.45) is 0 Å². The second-order valence-corrected chi connectivity index (χ2v) is 8.26. The zero-order valence-electron chi connectivity index (χ0n) is 13.0. The number of alkyl halides is 2. The molecule has 0 N–H and O–H groups in total. The Bertz CT molecular complexity index is 997. The van der Waals surface area contributed by atoms with Gasteiger partial charge in [0.2, 0.25) is 6.29 Å². The van der Waals surface area contributed by atoms with Gasteiger partial charge in [-0.1, -0.05) is 31.9 Å². The third-order valence-corrected chi connectivity index (χ3v) is 7.62. The van der Waals surface area contributed by atoms with E-state index in [-0.39, 0.29) is 27.1 Å². The molecular formula is C17H12Br2O6. The number of carbonyl (C=O) groups is 1. The van der Waals surface area contributed by atoms with Crippen LogP contribution >= 0.6 is 31.9 Å². The third-order valence-electron chi connectivity index (χ3n) is 5.08. The van der Waals surface area contributed by atoms with Crippen LogP contribution in [0.2, 0.25) is 0 Å². The number of rotatable bonds is 1. The minimum absolute atomic E-state index is 0.0458. The first kappa shape index (κ1) is 15.8. The molecule has 1 fully saturated rings. The fraction of sp³-hybridized carbons (Fsp3) is 0.412. The molecule has 0 radical (unpaired) electrons. The highest BCUT2D eigenvalue weighted by atomic mass is 79.9. The number of aryl methyl sites for hydroxylation is 1. The Labute approximate surface area is 158 Å². The van der Waals surface area contributed by atoms with Crippen molar-refractivity contribution in [2.45, 2.75) is 34.9 Å². The summed E-state index contributed by atoms with van der Waals surface area (Å²) in [7, 11) is 1.55. The van der Waals surface area contributed by atoms with Crippen LogP contribution in [0.25, 0.3) is 11.0 Å². The molecule has 2 aliphatic heterocycles. The number of hydrogen-bond acceptors (Lipinski definition) is 6. The van der Waals surface area contributed by atoms with Crippen molar-refractivity contribution in [3.63, 3.8) is 0 Å². The van der Waals surface area contributed by atoms with Crippen LogP contribution in [0, 0.1) is 0 Å².